The number of rotatable bonds is 4. The molecule has 1 aliphatic carbocycles. The lowest BCUT2D eigenvalue weighted by atomic mass is 9.78. The summed E-state index contributed by atoms with van der Waals surface area (Å²) in [5.74, 6) is 0.0773. The summed E-state index contributed by atoms with van der Waals surface area (Å²) in [6.45, 7) is 6.50. The van der Waals surface area contributed by atoms with Crippen molar-refractivity contribution in [2.24, 2.45) is 11.8 Å². The van der Waals surface area contributed by atoms with Gasteiger partial charge in [0.2, 0.25) is 0 Å². The normalized spacial score (nSPS) is 14.5. The SMILES string of the molecule is CCOC(=O)C(C(C)C)C1c2ccccc2-c2ccccc21. The van der Waals surface area contributed by atoms with E-state index in [1.807, 2.05) is 6.92 Å². The minimum atomic E-state index is -0.148. The summed E-state index contributed by atoms with van der Waals surface area (Å²) in [4.78, 5) is 12.6. The van der Waals surface area contributed by atoms with E-state index >= 15 is 0 Å². The van der Waals surface area contributed by atoms with E-state index in [1.54, 1.807) is 0 Å². The Kier molecular flexibility index (Phi) is 4.02. The first-order valence-corrected chi connectivity index (χ1v) is 8.00. The maximum absolute atomic E-state index is 12.6. The van der Waals surface area contributed by atoms with Crippen LogP contribution in [0.3, 0.4) is 0 Å². The Morgan fingerprint density at radius 1 is 1.00 bits per heavy atom. The molecule has 0 saturated heterocycles. The topological polar surface area (TPSA) is 26.3 Å². The van der Waals surface area contributed by atoms with Crippen molar-refractivity contribution in [1.82, 2.24) is 0 Å². The number of carbonyl (C=O) groups excluding carboxylic acids is 1. The first kappa shape index (κ1) is 14.8. The van der Waals surface area contributed by atoms with E-state index in [9.17, 15) is 4.79 Å². The van der Waals surface area contributed by atoms with Crippen molar-refractivity contribution in [3.05, 3.63) is 59.7 Å². The lowest BCUT2D eigenvalue weighted by molar-refractivity contribution is -0.150. The number of hydrogen-bond acceptors (Lipinski definition) is 2. The van der Waals surface area contributed by atoms with E-state index in [0.29, 0.717) is 6.61 Å². The van der Waals surface area contributed by atoms with Gasteiger partial charge >= 0.3 is 5.97 Å². The standard InChI is InChI=1S/C20H22O2/c1-4-22-20(21)18(13(2)3)19-16-11-7-5-9-14(16)15-10-6-8-12-17(15)19/h5-13,18-19H,4H2,1-3H3. The van der Waals surface area contributed by atoms with Crippen molar-refractivity contribution in [1.29, 1.82) is 0 Å². The van der Waals surface area contributed by atoms with Crippen molar-refractivity contribution >= 4 is 5.97 Å². The molecule has 0 radical (unpaired) electrons. The molecule has 0 heterocycles. The van der Waals surface area contributed by atoms with Crippen molar-refractivity contribution in [2.45, 2.75) is 26.7 Å². The molecule has 2 nitrogen and oxygen atoms in total. The van der Waals surface area contributed by atoms with Crippen LogP contribution in [0.2, 0.25) is 0 Å². The zero-order valence-corrected chi connectivity index (χ0v) is 13.4. The second kappa shape index (κ2) is 5.96. The number of benzene rings is 2. The van der Waals surface area contributed by atoms with Crippen LogP contribution in [-0.2, 0) is 9.53 Å². The number of hydrogen-bond donors (Lipinski definition) is 0. The lowest BCUT2D eigenvalue weighted by Crippen LogP contribution is -2.29. The summed E-state index contributed by atoms with van der Waals surface area (Å²) in [5.41, 5.74) is 4.99. The molecule has 2 heteroatoms. The molecule has 1 atom stereocenters. The smallest absolute Gasteiger partial charge is 0.310 e. The second-order valence-electron chi connectivity index (χ2n) is 6.17. The van der Waals surface area contributed by atoms with Gasteiger partial charge in [0.05, 0.1) is 12.5 Å². The quantitative estimate of drug-likeness (QED) is 0.768. The Hall–Kier alpha value is -2.09. The van der Waals surface area contributed by atoms with Gasteiger partial charge in [-0.05, 0) is 35.1 Å². The molecule has 22 heavy (non-hydrogen) atoms. The summed E-state index contributed by atoms with van der Waals surface area (Å²) < 4.78 is 5.37. The highest BCUT2D eigenvalue weighted by atomic mass is 16.5. The largest absolute Gasteiger partial charge is 0.466 e. The van der Waals surface area contributed by atoms with Gasteiger partial charge in [0.25, 0.3) is 0 Å². The molecule has 2 aromatic rings. The molecule has 0 N–H and O–H groups in total. The zero-order valence-electron chi connectivity index (χ0n) is 13.4. The zero-order chi connectivity index (χ0) is 15.7. The van der Waals surface area contributed by atoms with E-state index in [1.165, 1.54) is 22.3 Å². The monoisotopic (exact) mass is 294 g/mol. The van der Waals surface area contributed by atoms with E-state index in [2.05, 4.69) is 62.4 Å². The maximum Gasteiger partial charge on any atom is 0.310 e. The van der Waals surface area contributed by atoms with Crippen LogP contribution in [0.25, 0.3) is 11.1 Å². The van der Waals surface area contributed by atoms with Gasteiger partial charge in [-0.1, -0.05) is 62.4 Å². The molecule has 1 aliphatic rings. The summed E-state index contributed by atoms with van der Waals surface area (Å²) in [5, 5.41) is 0. The van der Waals surface area contributed by atoms with E-state index in [-0.39, 0.29) is 23.7 Å². The van der Waals surface area contributed by atoms with Gasteiger partial charge in [-0.3, -0.25) is 4.79 Å². The molecule has 114 valence electrons. The average molecular weight is 294 g/mol. The van der Waals surface area contributed by atoms with Crippen LogP contribution < -0.4 is 0 Å². The van der Waals surface area contributed by atoms with E-state index in [4.69, 9.17) is 4.74 Å². The molecule has 1 unspecified atom stereocenters. The predicted octanol–water partition coefficient (Wildman–Crippen LogP) is 4.63. The first-order valence-electron chi connectivity index (χ1n) is 8.00. The van der Waals surface area contributed by atoms with Crippen molar-refractivity contribution in [2.75, 3.05) is 6.61 Å². The van der Waals surface area contributed by atoms with Crippen LogP contribution in [0.4, 0.5) is 0 Å². The number of ether oxygens (including phenoxy) is 1. The third-order valence-electron chi connectivity index (χ3n) is 4.52. The fraction of sp³-hybridized carbons (Fsp3) is 0.350. The Morgan fingerprint density at radius 3 is 1.95 bits per heavy atom. The first-order chi connectivity index (χ1) is 10.6. The van der Waals surface area contributed by atoms with Crippen LogP contribution in [0, 0.1) is 11.8 Å². The van der Waals surface area contributed by atoms with Crippen molar-refractivity contribution in [3.8, 4) is 11.1 Å². The molecule has 0 aromatic heterocycles. The summed E-state index contributed by atoms with van der Waals surface area (Å²) >= 11 is 0. The second-order valence-corrected chi connectivity index (χ2v) is 6.17. The maximum atomic E-state index is 12.6. The molecule has 2 aromatic carbocycles. The summed E-state index contributed by atoms with van der Waals surface area (Å²) in [6, 6.07) is 16.8. The number of carbonyl (C=O) groups is 1. The van der Waals surface area contributed by atoms with Gasteiger partial charge in [0, 0.05) is 5.92 Å². The van der Waals surface area contributed by atoms with E-state index < -0.39 is 0 Å². The number of esters is 1. The molecule has 0 amide bonds. The van der Waals surface area contributed by atoms with Gasteiger partial charge in [0.1, 0.15) is 0 Å². The van der Waals surface area contributed by atoms with Crippen LogP contribution in [0.1, 0.15) is 37.8 Å². The lowest BCUT2D eigenvalue weighted by Gasteiger charge is -2.27. The fourth-order valence-corrected chi connectivity index (χ4v) is 3.61. The van der Waals surface area contributed by atoms with Gasteiger partial charge < -0.3 is 4.74 Å². The molecular formula is C20H22O2. The molecule has 0 fully saturated rings. The predicted molar refractivity (Wildman–Crippen MR) is 88.7 cm³/mol. The highest BCUT2D eigenvalue weighted by Crippen LogP contribution is 2.49. The van der Waals surface area contributed by atoms with Gasteiger partial charge in [-0.2, -0.15) is 0 Å². The Morgan fingerprint density at radius 2 is 1.50 bits per heavy atom. The van der Waals surface area contributed by atoms with E-state index in [0.717, 1.165) is 0 Å². The molecule has 3 rings (SSSR count). The molecule has 0 spiro atoms. The van der Waals surface area contributed by atoms with Crippen molar-refractivity contribution < 1.29 is 9.53 Å². The van der Waals surface area contributed by atoms with Crippen LogP contribution in [0.5, 0.6) is 0 Å². The number of fused-ring (bicyclic) bond motifs is 3. The molecule has 0 saturated carbocycles. The van der Waals surface area contributed by atoms with Crippen LogP contribution >= 0.6 is 0 Å². The minimum absolute atomic E-state index is 0.0889. The Labute approximate surface area is 132 Å². The molecule has 0 bridgehead atoms. The van der Waals surface area contributed by atoms with Crippen LogP contribution in [0.15, 0.2) is 48.5 Å². The summed E-state index contributed by atoms with van der Waals surface area (Å²) in [6.07, 6.45) is 0. The molecule has 0 aliphatic heterocycles. The van der Waals surface area contributed by atoms with Crippen LogP contribution in [-0.4, -0.2) is 12.6 Å². The third kappa shape index (κ3) is 2.33. The molecular weight excluding hydrogens is 272 g/mol. The Balaban J connectivity index is 2.14. The third-order valence-corrected chi connectivity index (χ3v) is 4.52. The summed E-state index contributed by atoms with van der Waals surface area (Å²) in [7, 11) is 0. The highest BCUT2D eigenvalue weighted by Gasteiger charge is 2.40. The van der Waals surface area contributed by atoms with Crippen molar-refractivity contribution in [3.63, 3.8) is 0 Å². The fourth-order valence-electron chi connectivity index (χ4n) is 3.61. The van der Waals surface area contributed by atoms with Gasteiger partial charge in [0.15, 0.2) is 0 Å². The average Bonchev–Trinajstić information content (AvgIpc) is 2.83. The minimum Gasteiger partial charge on any atom is -0.466 e. The highest BCUT2D eigenvalue weighted by molar-refractivity contribution is 5.83. The Bertz CT molecular complexity index is 642. The van der Waals surface area contributed by atoms with Gasteiger partial charge in [-0.25, -0.2) is 0 Å². The van der Waals surface area contributed by atoms with Gasteiger partial charge in [-0.15, -0.1) is 0 Å².